The van der Waals surface area contributed by atoms with Gasteiger partial charge in [-0.05, 0) is 44.4 Å². The standard InChI is InChI=1S/C25H34ClN5O2/c1-5-6-12-31-25(26)21(20(4)28-31)10-11-23(33)30-15-13-29(14-16-30)17-22(32)27-24-18(2)8-7-9-19(24)3/h7-11H,5-6,12-17H2,1-4H3,(H,27,32)/b11-10+. The number of amides is 2. The summed E-state index contributed by atoms with van der Waals surface area (Å²) in [6.07, 6.45) is 5.41. The van der Waals surface area contributed by atoms with E-state index in [1.54, 1.807) is 21.7 Å². The second-order valence-electron chi connectivity index (χ2n) is 8.62. The number of anilines is 1. The van der Waals surface area contributed by atoms with Crippen molar-refractivity contribution in [3.05, 3.63) is 51.8 Å². The maximum Gasteiger partial charge on any atom is 0.246 e. The van der Waals surface area contributed by atoms with E-state index in [-0.39, 0.29) is 11.8 Å². The van der Waals surface area contributed by atoms with Crippen molar-refractivity contribution in [3.63, 3.8) is 0 Å². The number of piperazine rings is 1. The number of nitrogens with one attached hydrogen (secondary N) is 1. The summed E-state index contributed by atoms with van der Waals surface area (Å²) in [4.78, 5) is 29.1. The molecule has 2 amide bonds. The van der Waals surface area contributed by atoms with Gasteiger partial charge < -0.3 is 10.2 Å². The first-order valence-electron chi connectivity index (χ1n) is 11.6. The smallest absolute Gasteiger partial charge is 0.246 e. The molecule has 2 aromatic rings. The third-order valence-electron chi connectivity index (χ3n) is 6.02. The number of halogens is 1. The largest absolute Gasteiger partial charge is 0.337 e. The summed E-state index contributed by atoms with van der Waals surface area (Å²) < 4.78 is 1.80. The Morgan fingerprint density at radius 3 is 2.42 bits per heavy atom. The number of rotatable bonds is 8. The van der Waals surface area contributed by atoms with E-state index in [0.29, 0.717) is 37.9 Å². The van der Waals surface area contributed by atoms with Gasteiger partial charge in [0, 0.05) is 50.1 Å². The van der Waals surface area contributed by atoms with Crippen molar-refractivity contribution in [1.82, 2.24) is 19.6 Å². The summed E-state index contributed by atoms with van der Waals surface area (Å²) in [7, 11) is 0. The fraction of sp³-hybridized carbons (Fsp3) is 0.480. The van der Waals surface area contributed by atoms with E-state index >= 15 is 0 Å². The average Bonchev–Trinajstić information content (AvgIpc) is 3.06. The summed E-state index contributed by atoms with van der Waals surface area (Å²) in [5.41, 5.74) is 4.60. The van der Waals surface area contributed by atoms with Gasteiger partial charge in [0.1, 0.15) is 5.15 Å². The first-order valence-corrected chi connectivity index (χ1v) is 12.0. The van der Waals surface area contributed by atoms with Crippen LogP contribution in [-0.4, -0.2) is 64.1 Å². The molecule has 0 bridgehead atoms. The summed E-state index contributed by atoms with van der Waals surface area (Å²) >= 11 is 6.46. The number of hydrogen-bond acceptors (Lipinski definition) is 4. The number of unbranched alkanes of at least 4 members (excludes halogenated alkanes) is 1. The summed E-state index contributed by atoms with van der Waals surface area (Å²) in [6.45, 7) is 11.6. The van der Waals surface area contributed by atoms with Crippen molar-refractivity contribution in [2.24, 2.45) is 0 Å². The fourth-order valence-electron chi connectivity index (χ4n) is 3.99. The van der Waals surface area contributed by atoms with Gasteiger partial charge in [-0.15, -0.1) is 0 Å². The first kappa shape index (κ1) is 25.0. The van der Waals surface area contributed by atoms with E-state index in [0.717, 1.165) is 47.5 Å². The van der Waals surface area contributed by atoms with E-state index in [1.165, 1.54) is 0 Å². The maximum atomic E-state index is 12.7. The first-order chi connectivity index (χ1) is 15.8. The minimum absolute atomic E-state index is 0.0303. The average molecular weight is 472 g/mol. The van der Waals surface area contributed by atoms with Gasteiger partial charge in [-0.25, -0.2) is 0 Å². The monoisotopic (exact) mass is 471 g/mol. The quantitative estimate of drug-likeness (QED) is 0.589. The number of para-hydroxylation sites is 1. The second kappa shape index (κ2) is 11.5. The SMILES string of the molecule is CCCCn1nc(C)c(/C=C/C(=O)N2CCN(CC(=O)Nc3c(C)cccc3C)CC2)c1Cl. The molecule has 178 valence electrons. The minimum Gasteiger partial charge on any atom is -0.337 e. The maximum absolute atomic E-state index is 12.7. The Morgan fingerprint density at radius 1 is 1.12 bits per heavy atom. The molecule has 0 aliphatic carbocycles. The molecule has 1 aliphatic rings. The lowest BCUT2D eigenvalue weighted by atomic mass is 10.1. The van der Waals surface area contributed by atoms with Gasteiger partial charge in [-0.1, -0.05) is 43.1 Å². The number of nitrogens with zero attached hydrogens (tertiary/aromatic N) is 4. The molecular weight excluding hydrogens is 438 g/mol. The van der Waals surface area contributed by atoms with Crippen LogP contribution < -0.4 is 5.32 Å². The molecular formula is C25H34ClN5O2. The van der Waals surface area contributed by atoms with Crippen molar-refractivity contribution >= 4 is 35.2 Å². The normalized spacial score (nSPS) is 14.8. The van der Waals surface area contributed by atoms with Gasteiger partial charge in [0.25, 0.3) is 0 Å². The Labute approximate surface area is 201 Å². The second-order valence-corrected chi connectivity index (χ2v) is 8.97. The number of carbonyl (C=O) groups is 2. The molecule has 1 aliphatic heterocycles. The van der Waals surface area contributed by atoms with Crippen LogP contribution in [-0.2, 0) is 16.1 Å². The van der Waals surface area contributed by atoms with E-state index in [1.807, 2.05) is 39.0 Å². The minimum atomic E-state index is -0.0496. The Balaban J connectivity index is 1.50. The zero-order chi connectivity index (χ0) is 24.0. The van der Waals surface area contributed by atoms with E-state index in [9.17, 15) is 9.59 Å². The van der Waals surface area contributed by atoms with Crippen LogP contribution in [0.1, 0.15) is 42.1 Å². The molecule has 3 rings (SSSR count). The zero-order valence-electron chi connectivity index (χ0n) is 20.0. The molecule has 1 saturated heterocycles. The fourth-order valence-corrected chi connectivity index (χ4v) is 4.31. The lowest BCUT2D eigenvalue weighted by molar-refractivity contribution is -0.127. The molecule has 7 nitrogen and oxygen atoms in total. The molecule has 0 radical (unpaired) electrons. The van der Waals surface area contributed by atoms with Gasteiger partial charge in [-0.2, -0.15) is 5.10 Å². The Hall–Kier alpha value is -2.64. The number of hydrogen-bond donors (Lipinski definition) is 1. The van der Waals surface area contributed by atoms with Crippen molar-refractivity contribution < 1.29 is 9.59 Å². The van der Waals surface area contributed by atoms with E-state index in [4.69, 9.17) is 11.6 Å². The van der Waals surface area contributed by atoms with Crippen LogP contribution in [0.5, 0.6) is 0 Å². The molecule has 1 aromatic carbocycles. The molecule has 0 atom stereocenters. The van der Waals surface area contributed by atoms with Gasteiger partial charge in [0.2, 0.25) is 11.8 Å². The molecule has 33 heavy (non-hydrogen) atoms. The van der Waals surface area contributed by atoms with Crippen LogP contribution in [0.4, 0.5) is 5.69 Å². The van der Waals surface area contributed by atoms with Crippen molar-refractivity contribution in [2.45, 2.75) is 47.1 Å². The third kappa shape index (κ3) is 6.45. The van der Waals surface area contributed by atoms with Crippen molar-refractivity contribution in [1.29, 1.82) is 0 Å². The predicted molar refractivity (Wildman–Crippen MR) is 133 cm³/mol. The van der Waals surface area contributed by atoms with Crippen LogP contribution in [0.25, 0.3) is 6.08 Å². The highest BCUT2D eigenvalue weighted by Crippen LogP contribution is 2.22. The van der Waals surface area contributed by atoms with Gasteiger partial charge in [-0.3, -0.25) is 19.2 Å². The van der Waals surface area contributed by atoms with E-state index in [2.05, 4.69) is 22.2 Å². The zero-order valence-corrected chi connectivity index (χ0v) is 20.8. The summed E-state index contributed by atoms with van der Waals surface area (Å²) in [6, 6.07) is 5.97. The van der Waals surface area contributed by atoms with Crippen molar-refractivity contribution in [3.8, 4) is 0 Å². The number of benzene rings is 1. The highest BCUT2D eigenvalue weighted by Gasteiger charge is 2.22. The predicted octanol–water partition coefficient (Wildman–Crippen LogP) is 4.06. The van der Waals surface area contributed by atoms with Crippen LogP contribution in [0.15, 0.2) is 24.3 Å². The number of carbonyl (C=O) groups excluding carboxylic acids is 2. The third-order valence-corrected chi connectivity index (χ3v) is 6.42. The highest BCUT2D eigenvalue weighted by atomic mass is 35.5. The molecule has 0 unspecified atom stereocenters. The van der Waals surface area contributed by atoms with Gasteiger partial charge in [0.15, 0.2) is 0 Å². The van der Waals surface area contributed by atoms with Crippen molar-refractivity contribution in [2.75, 3.05) is 38.0 Å². The van der Waals surface area contributed by atoms with Gasteiger partial charge in [0.05, 0.1) is 12.2 Å². The molecule has 8 heteroatoms. The number of aromatic nitrogens is 2. The number of aryl methyl sites for hydroxylation is 4. The molecule has 2 heterocycles. The Morgan fingerprint density at radius 2 is 1.79 bits per heavy atom. The van der Waals surface area contributed by atoms with Gasteiger partial charge >= 0.3 is 0 Å². The Bertz CT molecular complexity index is 1000. The summed E-state index contributed by atoms with van der Waals surface area (Å²) in [5.74, 6) is -0.0799. The topological polar surface area (TPSA) is 70.5 Å². The van der Waals surface area contributed by atoms with Crippen LogP contribution >= 0.6 is 11.6 Å². The van der Waals surface area contributed by atoms with E-state index < -0.39 is 0 Å². The molecule has 0 spiro atoms. The van der Waals surface area contributed by atoms with Crippen LogP contribution in [0.2, 0.25) is 5.15 Å². The molecule has 0 saturated carbocycles. The molecule has 1 fully saturated rings. The van der Waals surface area contributed by atoms with Crippen LogP contribution in [0.3, 0.4) is 0 Å². The van der Waals surface area contributed by atoms with Crippen LogP contribution in [0, 0.1) is 20.8 Å². The summed E-state index contributed by atoms with van der Waals surface area (Å²) in [5, 5.41) is 8.08. The molecule has 1 aromatic heterocycles. The highest BCUT2D eigenvalue weighted by molar-refractivity contribution is 6.31. The molecule has 1 N–H and O–H groups in total. The Kier molecular flexibility index (Phi) is 8.69. The lowest BCUT2D eigenvalue weighted by Gasteiger charge is -2.33. The lowest BCUT2D eigenvalue weighted by Crippen LogP contribution is -2.50.